The molecule has 1 aliphatic rings. The molecule has 3 amide bonds. The Morgan fingerprint density at radius 2 is 1.85 bits per heavy atom. The van der Waals surface area contributed by atoms with Gasteiger partial charge in [-0.2, -0.15) is 12.6 Å². The zero-order valence-electron chi connectivity index (χ0n) is 15.4. The minimum atomic E-state index is -1.18. The Balaban J connectivity index is 2.85. The van der Waals surface area contributed by atoms with E-state index in [1.54, 1.807) is 13.8 Å². The van der Waals surface area contributed by atoms with Crippen molar-refractivity contribution in [3.8, 4) is 0 Å². The number of carboxylic acid groups (broad SMARTS) is 1. The maximum absolute atomic E-state index is 12.8. The number of hydrogen-bond donors (Lipinski definition) is 6. The van der Waals surface area contributed by atoms with E-state index in [4.69, 9.17) is 10.8 Å². The van der Waals surface area contributed by atoms with Crippen molar-refractivity contribution in [2.24, 2.45) is 11.7 Å². The molecule has 1 rings (SSSR count). The lowest BCUT2D eigenvalue weighted by atomic mass is 10.0. The van der Waals surface area contributed by atoms with Gasteiger partial charge in [0.2, 0.25) is 17.7 Å². The first kappa shape index (κ1) is 23.2. The van der Waals surface area contributed by atoms with Crippen molar-refractivity contribution in [2.75, 3.05) is 18.9 Å². The Morgan fingerprint density at radius 3 is 2.33 bits per heavy atom. The highest BCUT2D eigenvalue weighted by atomic mass is 32.1. The average molecular weight is 404 g/mol. The fourth-order valence-electron chi connectivity index (χ4n) is 2.79. The summed E-state index contributed by atoms with van der Waals surface area (Å²) in [5, 5.41) is 23.1. The molecule has 4 unspecified atom stereocenters. The van der Waals surface area contributed by atoms with Crippen LogP contribution in [0.2, 0.25) is 0 Å². The number of likely N-dealkylation sites (tertiary alicyclic amines) is 1. The lowest BCUT2D eigenvalue weighted by Crippen LogP contribution is -2.59. The first-order valence-electron chi connectivity index (χ1n) is 8.75. The van der Waals surface area contributed by atoms with Crippen LogP contribution in [-0.2, 0) is 19.2 Å². The van der Waals surface area contributed by atoms with Gasteiger partial charge in [-0.1, -0.05) is 13.8 Å². The Hall–Kier alpha value is -1.85. The first-order valence-corrected chi connectivity index (χ1v) is 9.38. The molecule has 0 aliphatic carbocycles. The van der Waals surface area contributed by atoms with Gasteiger partial charge in [0.1, 0.15) is 24.2 Å². The van der Waals surface area contributed by atoms with Gasteiger partial charge in [-0.25, -0.2) is 4.79 Å². The second kappa shape index (κ2) is 10.5. The number of nitrogens with two attached hydrogens (primary N) is 1. The average Bonchev–Trinajstić information content (AvgIpc) is 3.12. The van der Waals surface area contributed by atoms with Gasteiger partial charge >= 0.3 is 5.97 Å². The Labute approximate surface area is 163 Å². The number of carboxylic acids is 1. The van der Waals surface area contributed by atoms with Crippen molar-refractivity contribution >= 4 is 36.3 Å². The Morgan fingerprint density at radius 1 is 1.22 bits per heavy atom. The summed E-state index contributed by atoms with van der Waals surface area (Å²) in [6, 6.07) is -4.08. The smallest absolute Gasteiger partial charge is 0.326 e. The second-order valence-corrected chi connectivity index (χ2v) is 7.16. The molecule has 0 aromatic rings. The van der Waals surface area contributed by atoms with E-state index in [2.05, 4.69) is 23.3 Å². The maximum Gasteiger partial charge on any atom is 0.326 e. The van der Waals surface area contributed by atoms with E-state index < -0.39 is 54.5 Å². The summed E-state index contributed by atoms with van der Waals surface area (Å²) in [5.74, 6) is -3.25. The molecule has 154 valence electrons. The number of nitrogens with zero attached hydrogens (tertiary/aromatic N) is 1. The minimum absolute atomic E-state index is 0.0454. The molecular formula is C16H28N4O6S. The number of rotatable bonds is 9. The van der Waals surface area contributed by atoms with Crippen LogP contribution in [0.3, 0.4) is 0 Å². The van der Waals surface area contributed by atoms with E-state index in [1.165, 1.54) is 4.90 Å². The number of amides is 3. The number of aliphatic carboxylic acids is 1. The van der Waals surface area contributed by atoms with Crippen molar-refractivity contribution in [3.05, 3.63) is 0 Å². The summed E-state index contributed by atoms with van der Waals surface area (Å²) in [4.78, 5) is 49.7. The van der Waals surface area contributed by atoms with Gasteiger partial charge in [0.25, 0.3) is 0 Å². The van der Waals surface area contributed by atoms with E-state index in [-0.39, 0.29) is 11.7 Å². The lowest BCUT2D eigenvalue weighted by molar-refractivity contribution is -0.150. The highest BCUT2D eigenvalue weighted by Crippen LogP contribution is 2.20. The highest BCUT2D eigenvalue weighted by Gasteiger charge is 2.39. The number of hydrogen-bond acceptors (Lipinski definition) is 7. The molecule has 0 aromatic heterocycles. The SMILES string of the molecule is CC(C)C(NC(=O)C(CS)NC(=O)C(N)CO)C(=O)N1CCCC1C(=O)O. The third kappa shape index (κ3) is 6.08. The van der Waals surface area contributed by atoms with E-state index in [1.807, 2.05) is 0 Å². The molecule has 1 saturated heterocycles. The van der Waals surface area contributed by atoms with E-state index in [0.29, 0.717) is 19.4 Å². The van der Waals surface area contributed by atoms with Gasteiger partial charge in [-0.05, 0) is 18.8 Å². The molecular weight excluding hydrogens is 376 g/mol. The quantitative estimate of drug-likeness (QED) is 0.241. The maximum atomic E-state index is 12.8. The zero-order valence-corrected chi connectivity index (χ0v) is 16.3. The molecule has 1 fully saturated rings. The van der Waals surface area contributed by atoms with E-state index in [9.17, 15) is 24.3 Å². The van der Waals surface area contributed by atoms with Gasteiger partial charge in [-0.15, -0.1) is 0 Å². The first-order chi connectivity index (χ1) is 12.6. The molecule has 1 heterocycles. The van der Waals surface area contributed by atoms with Crippen LogP contribution >= 0.6 is 12.6 Å². The molecule has 1 aliphatic heterocycles. The second-order valence-electron chi connectivity index (χ2n) is 6.79. The van der Waals surface area contributed by atoms with Crippen LogP contribution < -0.4 is 16.4 Å². The number of aliphatic hydroxyl groups is 1. The molecule has 0 saturated carbocycles. The number of aliphatic hydroxyl groups excluding tert-OH is 1. The third-order valence-corrected chi connectivity index (χ3v) is 4.77. The van der Waals surface area contributed by atoms with Crippen LogP contribution in [0, 0.1) is 5.92 Å². The highest BCUT2D eigenvalue weighted by molar-refractivity contribution is 7.80. The standard InChI is InChI=1S/C16H28N4O6S/c1-8(2)12(15(24)20-5-3-4-11(20)16(25)26)19-14(23)10(7-27)18-13(22)9(17)6-21/h8-12,21,27H,3-7,17H2,1-2H3,(H,18,22)(H,19,23)(H,25,26). The molecule has 0 radical (unpaired) electrons. The summed E-state index contributed by atoms with van der Waals surface area (Å²) in [7, 11) is 0. The predicted octanol–water partition coefficient (Wildman–Crippen LogP) is -2.06. The topological polar surface area (TPSA) is 162 Å². The fourth-order valence-corrected chi connectivity index (χ4v) is 3.05. The summed E-state index contributed by atoms with van der Waals surface area (Å²) >= 11 is 4.03. The number of carbonyl (C=O) groups excluding carboxylic acids is 3. The van der Waals surface area contributed by atoms with Crippen molar-refractivity contribution in [3.63, 3.8) is 0 Å². The lowest BCUT2D eigenvalue weighted by Gasteiger charge is -2.30. The number of nitrogens with one attached hydrogen (secondary N) is 2. The summed E-state index contributed by atoms with van der Waals surface area (Å²) in [6.45, 7) is 3.19. The zero-order chi connectivity index (χ0) is 20.7. The normalized spacial score (nSPS) is 20.1. The van der Waals surface area contributed by atoms with Crippen LogP contribution in [0.5, 0.6) is 0 Å². The molecule has 0 spiro atoms. The van der Waals surface area contributed by atoms with Crippen molar-refractivity contribution in [1.82, 2.24) is 15.5 Å². The van der Waals surface area contributed by atoms with Gasteiger partial charge < -0.3 is 31.5 Å². The third-order valence-electron chi connectivity index (χ3n) is 4.40. The molecule has 11 heteroatoms. The Kier molecular flexibility index (Phi) is 9.00. The van der Waals surface area contributed by atoms with Gasteiger partial charge in [0.05, 0.1) is 6.61 Å². The van der Waals surface area contributed by atoms with Crippen LogP contribution in [0.25, 0.3) is 0 Å². The number of thiol groups is 1. The van der Waals surface area contributed by atoms with Crippen LogP contribution in [-0.4, -0.2) is 81.9 Å². The monoisotopic (exact) mass is 404 g/mol. The summed E-state index contributed by atoms with van der Waals surface area (Å²) in [6.07, 6.45) is 0.948. The number of carbonyl (C=O) groups is 4. The summed E-state index contributed by atoms with van der Waals surface area (Å²) in [5.41, 5.74) is 5.41. The molecule has 0 bridgehead atoms. The van der Waals surface area contributed by atoms with Crippen molar-refractivity contribution < 1.29 is 29.4 Å². The molecule has 0 aromatic carbocycles. The fraction of sp³-hybridized carbons (Fsp3) is 0.750. The Bertz CT molecular complexity index is 573. The largest absolute Gasteiger partial charge is 0.480 e. The molecule has 6 N–H and O–H groups in total. The van der Waals surface area contributed by atoms with Gasteiger partial charge in [0.15, 0.2) is 0 Å². The van der Waals surface area contributed by atoms with E-state index >= 15 is 0 Å². The molecule has 10 nitrogen and oxygen atoms in total. The van der Waals surface area contributed by atoms with Crippen LogP contribution in [0.4, 0.5) is 0 Å². The minimum Gasteiger partial charge on any atom is -0.480 e. The molecule has 27 heavy (non-hydrogen) atoms. The van der Waals surface area contributed by atoms with Crippen LogP contribution in [0.15, 0.2) is 0 Å². The van der Waals surface area contributed by atoms with E-state index in [0.717, 1.165) is 0 Å². The van der Waals surface area contributed by atoms with Gasteiger partial charge in [0, 0.05) is 12.3 Å². The van der Waals surface area contributed by atoms with Crippen molar-refractivity contribution in [1.29, 1.82) is 0 Å². The molecule has 4 atom stereocenters. The van der Waals surface area contributed by atoms with Gasteiger partial charge in [-0.3, -0.25) is 14.4 Å². The van der Waals surface area contributed by atoms with Crippen molar-refractivity contribution in [2.45, 2.75) is 50.9 Å². The summed E-state index contributed by atoms with van der Waals surface area (Å²) < 4.78 is 0. The van der Waals surface area contributed by atoms with Crippen LogP contribution in [0.1, 0.15) is 26.7 Å². The predicted molar refractivity (Wildman–Crippen MR) is 100.0 cm³/mol.